The van der Waals surface area contributed by atoms with Gasteiger partial charge in [0.25, 0.3) is 0 Å². The minimum atomic E-state index is -0.848. The lowest BCUT2D eigenvalue weighted by molar-refractivity contribution is 0.577. The van der Waals surface area contributed by atoms with Crippen molar-refractivity contribution in [1.29, 1.82) is 0 Å². The molecule has 0 aliphatic carbocycles. The predicted octanol–water partition coefficient (Wildman–Crippen LogP) is 0.845. The number of hydrogen-bond acceptors (Lipinski definition) is 3. The molecule has 0 N–H and O–H groups in total. The highest BCUT2D eigenvalue weighted by Gasteiger charge is 2.08. The number of hydrogen-bond donors (Lipinski definition) is 0. The molecule has 0 atom stereocenters. The Bertz CT molecular complexity index is 562. The maximum atomic E-state index is 13.1. The lowest BCUT2D eigenvalue weighted by atomic mass is 10.3. The first-order valence-corrected chi connectivity index (χ1v) is 4.11. The maximum Gasteiger partial charge on any atom is 0.310 e. The Balaban J connectivity index is 2.98. The van der Waals surface area contributed by atoms with Crippen LogP contribution >= 0.6 is 0 Å². The molecule has 72 valence electrons. The Morgan fingerprint density at radius 3 is 2.86 bits per heavy atom. The van der Waals surface area contributed by atoms with Gasteiger partial charge >= 0.3 is 5.56 Å². The van der Waals surface area contributed by atoms with E-state index in [4.69, 9.17) is 0 Å². The van der Waals surface area contributed by atoms with Crippen LogP contribution in [0.4, 0.5) is 4.39 Å². The van der Waals surface area contributed by atoms with E-state index in [1.807, 2.05) is 6.92 Å². The first-order valence-electron chi connectivity index (χ1n) is 4.11. The number of aromatic nitrogens is 3. The van der Waals surface area contributed by atoms with Crippen molar-refractivity contribution in [3.8, 4) is 0 Å². The molecular weight excluding hydrogens is 185 g/mol. The van der Waals surface area contributed by atoms with Gasteiger partial charge in [0.05, 0.1) is 11.9 Å². The molecule has 0 aliphatic heterocycles. The van der Waals surface area contributed by atoms with Crippen molar-refractivity contribution in [2.45, 2.75) is 13.8 Å². The second-order valence-electron chi connectivity index (χ2n) is 3.12. The van der Waals surface area contributed by atoms with E-state index in [9.17, 15) is 9.18 Å². The van der Waals surface area contributed by atoms with Gasteiger partial charge in [-0.25, -0.2) is 4.98 Å². The van der Waals surface area contributed by atoms with Gasteiger partial charge in [0.1, 0.15) is 0 Å². The third-order valence-electron chi connectivity index (χ3n) is 1.93. The Kier molecular flexibility index (Phi) is 1.80. The van der Waals surface area contributed by atoms with Crippen molar-refractivity contribution in [1.82, 2.24) is 14.6 Å². The molecule has 0 saturated carbocycles. The van der Waals surface area contributed by atoms with Gasteiger partial charge in [-0.3, -0.25) is 4.79 Å². The monoisotopic (exact) mass is 193 g/mol. The van der Waals surface area contributed by atoms with Crippen molar-refractivity contribution in [3.63, 3.8) is 0 Å². The van der Waals surface area contributed by atoms with Gasteiger partial charge in [0.2, 0.25) is 5.82 Å². The van der Waals surface area contributed by atoms with Gasteiger partial charge in [0.15, 0.2) is 5.65 Å². The summed E-state index contributed by atoms with van der Waals surface area (Å²) in [5.41, 5.74) is 0.590. The summed E-state index contributed by atoms with van der Waals surface area (Å²) in [5.74, 6) is -0.848. The van der Waals surface area contributed by atoms with Crippen LogP contribution in [0, 0.1) is 19.7 Å². The molecule has 2 rings (SSSR count). The van der Waals surface area contributed by atoms with Crippen LogP contribution < -0.4 is 5.56 Å². The summed E-state index contributed by atoms with van der Waals surface area (Å²) in [4.78, 5) is 15.3. The molecule has 0 fully saturated rings. The van der Waals surface area contributed by atoms with E-state index in [2.05, 4.69) is 10.1 Å². The average molecular weight is 193 g/mol. The number of nitrogens with zero attached hydrogens (tertiary/aromatic N) is 3. The molecule has 14 heavy (non-hydrogen) atoms. The summed E-state index contributed by atoms with van der Waals surface area (Å²) in [6, 6.07) is 1.68. The third kappa shape index (κ3) is 1.17. The SMILES string of the molecule is Cc1cnn2c(=O)c(F)c(C)nc2c1. The molecule has 0 amide bonds. The zero-order chi connectivity index (χ0) is 10.3. The predicted molar refractivity (Wildman–Crippen MR) is 48.7 cm³/mol. The Hall–Kier alpha value is -1.78. The Morgan fingerprint density at radius 1 is 1.43 bits per heavy atom. The molecule has 0 aromatic carbocycles. The smallest absolute Gasteiger partial charge is 0.264 e. The van der Waals surface area contributed by atoms with E-state index in [1.54, 1.807) is 6.07 Å². The molecule has 2 aromatic rings. The molecule has 0 saturated heterocycles. The second-order valence-corrected chi connectivity index (χ2v) is 3.12. The van der Waals surface area contributed by atoms with Crippen molar-refractivity contribution >= 4 is 5.65 Å². The fraction of sp³-hybridized carbons (Fsp3) is 0.222. The molecule has 2 aromatic heterocycles. The lowest BCUT2D eigenvalue weighted by Gasteiger charge is -2.01. The van der Waals surface area contributed by atoms with Crippen LogP contribution in [0.1, 0.15) is 11.3 Å². The highest BCUT2D eigenvalue weighted by molar-refractivity contribution is 5.39. The number of fused-ring (bicyclic) bond motifs is 1. The molecule has 0 aliphatic rings. The molecule has 0 bridgehead atoms. The molecule has 0 unspecified atom stereocenters. The molecule has 5 heteroatoms. The van der Waals surface area contributed by atoms with E-state index in [1.165, 1.54) is 13.1 Å². The topological polar surface area (TPSA) is 47.3 Å². The van der Waals surface area contributed by atoms with Gasteiger partial charge in [-0.1, -0.05) is 0 Å². The Labute approximate surface area is 79.0 Å². The van der Waals surface area contributed by atoms with Crippen LogP contribution in [-0.4, -0.2) is 14.6 Å². The first-order chi connectivity index (χ1) is 6.59. The van der Waals surface area contributed by atoms with E-state index in [0.717, 1.165) is 10.1 Å². The number of aryl methyl sites for hydroxylation is 2. The summed E-state index contributed by atoms with van der Waals surface area (Å²) in [5, 5.41) is 3.78. The quantitative estimate of drug-likeness (QED) is 0.623. The van der Waals surface area contributed by atoms with Crippen LogP contribution in [0.15, 0.2) is 17.1 Å². The van der Waals surface area contributed by atoms with E-state index < -0.39 is 11.4 Å². The minimum absolute atomic E-state index is 0.0994. The normalized spacial score (nSPS) is 10.8. The molecular formula is C9H8FN3O. The van der Waals surface area contributed by atoms with E-state index in [0.29, 0.717) is 5.65 Å². The highest BCUT2D eigenvalue weighted by Crippen LogP contribution is 2.02. The fourth-order valence-electron chi connectivity index (χ4n) is 1.21. The van der Waals surface area contributed by atoms with Crippen LogP contribution in [0.2, 0.25) is 0 Å². The summed E-state index contributed by atoms with van der Waals surface area (Å²) >= 11 is 0. The average Bonchev–Trinajstić information content (AvgIpc) is 2.14. The van der Waals surface area contributed by atoms with Gasteiger partial charge in [0, 0.05) is 0 Å². The highest BCUT2D eigenvalue weighted by atomic mass is 19.1. The van der Waals surface area contributed by atoms with E-state index >= 15 is 0 Å². The van der Waals surface area contributed by atoms with Crippen molar-refractivity contribution in [2.75, 3.05) is 0 Å². The summed E-state index contributed by atoms with van der Waals surface area (Å²) in [6.07, 6.45) is 1.49. The zero-order valence-electron chi connectivity index (χ0n) is 7.78. The van der Waals surface area contributed by atoms with Gasteiger partial charge in [-0.2, -0.15) is 14.0 Å². The third-order valence-corrected chi connectivity index (χ3v) is 1.93. The van der Waals surface area contributed by atoms with Crippen LogP contribution in [0.5, 0.6) is 0 Å². The minimum Gasteiger partial charge on any atom is -0.264 e. The second kappa shape index (κ2) is 2.87. The number of halogens is 1. The van der Waals surface area contributed by atoms with Crippen LogP contribution in [-0.2, 0) is 0 Å². The van der Waals surface area contributed by atoms with Crippen molar-refractivity contribution < 1.29 is 4.39 Å². The van der Waals surface area contributed by atoms with Gasteiger partial charge in [-0.05, 0) is 25.5 Å². The van der Waals surface area contributed by atoms with E-state index in [-0.39, 0.29) is 5.69 Å². The molecule has 4 nitrogen and oxygen atoms in total. The summed E-state index contributed by atoms with van der Waals surface area (Å²) in [6.45, 7) is 3.29. The molecule has 2 heterocycles. The number of rotatable bonds is 0. The molecule has 0 spiro atoms. The van der Waals surface area contributed by atoms with Crippen LogP contribution in [0.25, 0.3) is 5.65 Å². The lowest BCUT2D eigenvalue weighted by Crippen LogP contribution is -2.22. The zero-order valence-corrected chi connectivity index (χ0v) is 7.78. The van der Waals surface area contributed by atoms with Crippen molar-refractivity contribution in [3.05, 3.63) is 39.7 Å². The fourth-order valence-corrected chi connectivity index (χ4v) is 1.21. The Morgan fingerprint density at radius 2 is 2.14 bits per heavy atom. The summed E-state index contributed by atoms with van der Waals surface area (Å²) in [7, 11) is 0. The summed E-state index contributed by atoms with van der Waals surface area (Å²) < 4.78 is 14.1. The van der Waals surface area contributed by atoms with Gasteiger partial charge in [-0.15, -0.1) is 0 Å². The standard InChI is InChI=1S/C9H8FN3O/c1-5-3-7-12-6(2)8(10)9(14)13(7)11-4-5/h3-4H,1-2H3. The van der Waals surface area contributed by atoms with Crippen molar-refractivity contribution in [2.24, 2.45) is 0 Å². The maximum absolute atomic E-state index is 13.1. The largest absolute Gasteiger partial charge is 0.310 e. The van der Waals surface area contributed by atoms with Crippen LogP contribution in [0.3, 0.4) is 0 Å². The first kappa shape index (κ1) is 8.80. The van der Waals surface area contributed by atoms with Gasteiger partial charge < -0.3 is 0 Å². The molecule has 0 radical (unpaired) electrons.